The van der Waals surface area contributed by atoms with Crippen molar-refractivity contribution in [2.24, 2.45) is 0 Å². The maximum absolute atomic E-state index is 5.47. The van der Waals surface area contributed by atoms with Crippen LogP contribution in [0.15, 0.2) is 78.2 Å². The standard InChI is InChI=1S/C31H31N2S2.3CH3.Hf/c1-19(2)23-15-11-16-24(20(3)4)30(23)33-29(22-12-7-6-8-13-22)31-32-26(18-34-31)28-21(5)35-27-17-10-9-14-25(27)28;;;;/h6-20,29H,1-5H3;3*1H3;/q4*-1;. The molecule has 0 spiro atoms. The summed E-state index contributed by atoms with van der Waals surface area (Å²) in [6.07, 6.45) is 0. The molecule has 0 radical (unpaired) electrons. The van der Waals surface area contributed by atoms with Crippen LogP contribution in [0.5, 0.6) is 0 Å². The van der Waals surface area contributed by atoms with E-state index in [4.69, 9.17) is 10.3 Å². The van der Waals surface area contributed by atoms with Crippen molar-refractivity contribution in [3.8, 4) is 11.3 Å². The van der Waals surface area contributed by atoms with Gasteiger partial charge in [-0.1, -0.05) is 111 Å². The molecule has 0 aliphatic rings. The Morgan fingerprint density at radius 1 is 0.744 bits per heavy atom. The molecule has 0 amide bonds. The SMILES string of the molecule is Cc1sc2ccccc2c1-c1csc(C([N-]c2c(C(C)C)cccc2C(C)C)c2ccccc2)n1.[CH3-].[CH3-].[CH3-].[Hf]. The molecule has 5 heteroatoms. The predicted molar refractivity (Wildman–Crippen MR) is 173 cm³/mol. The molecule has 2 aromatic heterocycles. The first-order valence-corrected chi connectivity index (χ1v) is 14.0. The average Bonchev–Trinajstić information content (AvgIpc) is 3.46. The van der Waals surface area contributed by atoms with E-state index in [1.54, 1.807) is 11.3 Å². The number of thiophene rings is 1. The quantitative estimate of drug-likeness (QED) is 0.122. The van der Waals surface area contributed by atoms with Gasteiger partial charge in [0.2, 0.25) is 0 Å². The number of para-hydroxylation sites is 1. The molecule has 2 heterocycles. The zero-order valence-electron chi connectivity index (χ0n) is 24.4. The Morgan fingerprint density at radius 2 is 1.33 bits per heavy atom. The first kappa shape index (κ1) is 34.9. The second-order valence-electron chi connectivity index (χ2n) is 9.64. The number of aryl methyl sites for hydroxylation is 1. The smallest absolute Gasteiger partial charge is 0.0831 e. The monoisotopic (exact) mass is 720 g/mol. The fourth-order valence-corrected chi connectivity index (χ4v) is 6.66. The van der Waals surface area contributed by atoms with Crippen LogP contribution in [-0.2, 0) is 25.8 Å². The molecule has 5 rings (SSSR count). The van der Waals surface area contributed by atoms with Gasteiger partial charge in [0.15, 0.2) is 0 Å². The molecule has 1 unspecified atom stereocenters. The number of hydrogen-bond donors (Lipinski definition) is 0. The van der Waals surface area contributed by atoms with E-state index in [9.17, 15) is 0 Å². The molecule has 0 aliphatic carbocycles. The van der Waals surface area contributed by atoms with Crippen LogP contribution in [0.3, 0.4) is 0 Å². The number of hydrogen-bond acceptors (Lipinski definition) is 3. The number of rotatable bonds is 7. The minimum Gasteiger partial charge on any atom is -0.672 e. The van der Waals surface area contributed by atoms with Crippen LogP contribution in [0.25, 0.3) is 26.7 Å². The summed E-state index contributed by atoms with van der Waals surface area (Å²) in [7, 11) is 0. The van der Waals surface area contributed by atoms with Gasteiger partial charge in [0.25, 0.3) is 0 Å². The molecule has 0 saturated heterocycles. The third-order valence-corrected chi connectivity index (χ3v) is 8.48. The maximum Gasteiger partial charge on any atom is 0.0831 e. The van der Waals surface area contributed by atoms with Crippen LogP contribution in [-0.4, -0.2) is 4.98 Å². The summed E-state index contributed by atoms with van der Waals surface area (Å²) in [5, 5.41) is 10.0. The molecule has 0 N–H and O–H groups in total. The van der Waals surface area contributed by atoms with E-state index in [-0.39, 0.29) is 54.2 Å². The summed E-state index contributed by atoms with van der Waals surface area (Å²) >= 11 is 3.56. The summed E-state index contributed by atoms with van der Waals surface area (Å²) in [6.45, 7) is 11.2. The van der Waals surface area contributed by atoms with Gasteiger partial charge in [0.05, 0.1) is 10.7 Å². The Morgan fingerprint density at radius 3 is 1.95 bits per heavy atom. The van der Waals surface area contributed by atoms with Gasteiger partial charge in [-0.3, -0.25) is 0 Å². The molecule has 0 fully saturated rings. The van der Waals surface area contributed by atoms with E-state index in [0.717, 1.165) is 16.4 Å². The van der Waals surface area contributed by atoms with Crippen molar-refractivity contribution in [3.05, 3.63) is 132 Å². The predicted octanol–water partition coefficient (Wildman–Crippen LogP) is 11.7. The number of thiazole rings is 1. The largest absolute Gasteiger partial charge is 0.672 e. The van der Waals surface area contributed by atoms with Gasteiger partial charge in [0.1, 0.15) is 0 Å². The zero-order valence-corrected chi connectivity index (χ0v) is 29.7. The van der Waals surface area contributed by atoms with E-state index < -0.39 is 0 Å². The molecule has 0 saturated carbocycles. The summed E-state index contributed by atoms with van der Waals surface area (Å²) in [5.41, 5.74) is 7.21. The van der Waals surface area contributed by atoms with Crippen molar-refractivity contribution in [3.63, 3.8) is 0 Å². The third kappa shape index (κ3) is 7.17. The number of benzene rings is 3. The molecule has 2 nitrogen and oxygen atoms in total. The van der Waals surface area contributed by atoms with Crippen LogP contribution in [0.2, 0.25) is 0 Å². The van der Waals surface area contributed by atoms with Crippen molar-refractivity contribution >= 4 is 38.4 Å². The van der Waals surface area contributed by atoms with Crippen LogP contribution in [0, 0.1) is 29.2 Å². The molecule has 39 heavy (non-hydrogen) atoms. The van der Waals surface area contributed by atoms with E-state index in [1.165, 1.54) is 37.2 Å². The molecule has 0 bridgehead atoms. The van der Waals surface area contributed by atoms with E-state index in [2.05, 4.69) is 113 Å². The van der Waals surface area contributed by atoms with Gasteiger partial charge < -0.3 is 27.6 Å². The summed E-state index contributed by atoms with van der Waals surface area (Å²) < 4.78 is 1.31. The first-order valence-electron chi connectivity index (χ1n) is 12.3. The van der Waals surface area contributed by atoms with Crippen LogP contribution in [0.1, 0.15) is 72.1 Å². The van der Waals surface area contributed by atoms with Crippen molar-refractivity contribution in [2.75, 3.05) is 0 Å². The fourth-order valence-electron chi connectivity index (χ4n) is 4.71. The van der Waals surface area contributed by atoms with Crippen molar-refractivity contribution in [2.45, 2.75) is 52.5 Å². The van der Waals surface area contributed by atoms with Crippen LogP contribution < -0.4 is 0 Å². The van der Waals surface area contributed by atoms with Gasteiger partial charge in [0, 0.05) is 51.8 Å². The third-order valence-electron chi connectivity index (χ3n) is 6.50. The maximum atomic E-state index is 5.47. The second kappa shape index (κ2) is 15.1. The second-order valence-corrected chi connectivity index (χ2v) is 11.8. The summed E-state index contributed by atoms with van der Waals surface area (Å²) in [6, 6.07) is 25.7. The van der Waals surface area contributed by atoms with Gasteiger partial charge >= 0.3 is 0 Å². The molecular formula is C34H40HfN2S2-4. The Balaban J connectivity index is 0.00000190. The zero-order chi connectivity index (χ0) is 24.5. The molecule has 1 atom stereocenters. The van der Waals surface area contributed by atoms with Crippen LogP contribution in [0.4, 0.5) is 5.69 Å². The molecule has 5 aromatic rings. The van der Waals surface area contributed by atoms with Gasteiger partial charge in [-0.2, -0.15) is 0 Å². The summed E-state index contributed by atoms with van der Waals surface area (Å²) in [5.74, 6) is 0.797. The normalized spacial score (nSPS) is 11.3. The summed E-state index contributed by atoms with van der Waals surface area (Å²) in [4.78, 5) is 6.53. The van der Waals surface area contributed by atoms with Crippen molar-refractivity contribution in [1.29, 1.82) is 0 Å². The fraction of sp³-hybridized carbons (Fsp3) is 0.235. The minimum atomic E-state index is -0.141. The van der Waals surface area contributed by atoms with Gasteiger partial charge in [-0.25, -0.2) is 4.98 Å². The topological polar surface area (TPSA) is 27.0 Å². The Bertz CT molecular complexity index is 1420. The van der Waals surface area contributed by atoms with E-state index in [1.807, 2.05) is 11.3 Å². The Hall–Kier alpha value is -2.08. The van der Waals surface area contributed by atoms with Crippen molar-refractivity contribution in [1.82, 2.24) is 4.98 Å². The Kier molecular flexibility index (Phi) is 13.5. The molecule has 3 aromatic carbocycles. The first-order chi connectivity index (χ1) is 16.9. The average molecular weight is 719 g/mol. The van der Waals surface area contributed by atoms with Gasteiger partial charge in [-0.15, -0.1) is 28.4 Å². The van der Waals surface area contributed by atoms with Crippen LogP contribution >= 0.6 is 22.7 Å². The number of nitrogens with zero attached hydrogens (tertiary/aromatic N) is 2. The minimum absolute atomic E-state index is 0. The Labute approximate surface area is 263 Å². The van der Waals surface area contributed by atoms with E-state index in [0.29, 0.717) is 11.8 Å². The number of fused-ring (bicyclic) bond motifs is 1. The molecule has 0 aliphatic heterocycles. The number of aromatic nitrogens is 1. The van der Waals surface area contributed by atoms with Crippen molar-refractivity contribution < 1.29 is 25.8 Å². The molecular weight excluding hydrogens is 679 g/mol. The van der Waals surface area contributed by atoms with Gasteiger partial charge in [-0.05, 0) is 30.9 Å². The molecule has 206 valence electrons. The van der Waals surface area contributed by atoms with E-state index >= 15 is 0 Å².